The van der Waals surface area contributed by atoms with Crippen molar-refractivity contribution < 1.29 is 0 Å². The minimum atomic E-state index is -0.832. The molecule has 0 bridgehead atoms. The molecule has 0 atom stereocenters. The Morgan fingerprint density at radius 2 is 0.938 bits per heavy atom. The van der Waals surface area contributed by atoms with E-state index in [-0.39, 0.29) is 17.0 Å². The van der Waals surface area contributed by atoms with Gasteiger partial charge < -0.3 is 0 Å². The maximum absolute atomic E-state index is 2.47. The maximum atomic E-state index is 2.47. The summed E-state index contributed by atoms with van der Waals surface area (Å²) in [6.07, 6.45) is 15.0. The molecule has 0 aromatic carbocycles. The molecule has 0 saturated carbocycles. The van der Waals surface area contributed by atoms with Crippen molar-refractivity contribution in [2.75, 3.05) is 24.6 Å². The molecule has 0 heterocycles. The van der Waals surface area contributed by atoms with Crippen LogP contribution >= 0.6 is 24.2 Å². The predicted octanol–water partition coefficient (Wildman–Crippen LogP) is 5.73. The van der Waals surface area contributed by atoms with Gasteiger partial charge in [0.1, 0.15) is 0 Å². The van der Waals surface area contributed by atoms with Crippen molar-refractivity contribution in [1.29, 1.82) is 0 Å². The van der Waals surface area contributed by atoms with Crippen LogP contribution in [0, 0.1) is 0 Å². The number of rotatable bonds is 10. The molecule has 0 spiro atoms. The van der Waals surface area contributed by atoms with Crippen molar-refractivity contribution in [3.8, 4) is 0 Å². The van der Waals surface area contributed by atoms with E-state index in [0.29, 0.717) is 0 Å². The van der Waals surface area contributed by atoms with Gasteiger partial charge in [0.05, 0.1) is 0 Å². The summed E-state index contributed by atoms with van der Waals surface area (Å²) >= 11 is 0. The summed E-state index contributed by atoms with van der Waals surface area (Å²) in [4.78, 5) is 0. The van der Waals surface area contributed by atoms with E-state index >= 15 is 0 Å². The third-order valence-corrected chi connectivity index (χ3v) is 9.67. The van der Waals surface area contributed by atoms with Crippen LogP contribution in [0.4, 0.5) is 0 Å². The van der Waals surface area contributed by atoms with E-state index in [1.807, 2.05) is 0 Å². The molecule has 0 aliphatic carbocycles. The average molecular weight is 313 g/mol. The van der Waals surface area contributed by atoms with Crippen molar-refractivity contribution in [2.24, 2.45) is 0 Å². The molecule has 0 aromatic heterocycles. The number of hydrogen-bond acceptors (Lipinski definition) is 0. The summed E-state index contributed by atoms with van der Waals surface area (Å²) in [5.74, 6) is 0. The summed E-state index contributed by atoms with van der Waals surface area (Å²) in [5.41, 5.74) is 0. The van der Waals surface area contributed by atoms with Crippen molar-refractivity contribution in [3.05, 3.63) is 0 Å². The van der Waals surface area contributed by atoms with Gasteiger partial charge in [-0.2, -0.15) is 0 Å². The fourth-order valence-electron chi connectivity index (χ4n) is 2.56. The zero-order valence-corrected chi connectivity index (χ0v) is 14.7. The van der Waals surface area contributed by atoms with Gasteiger partial charge in [0.2, 0.25) is 0 Å². The van der Waals surface area contributed by atoms with E-state index in [2.05, 4.69) is 27.7 Å². The van der Waals surface area contributed by atoms with E-state index in [4.69, 9.17) is 0 Å². The number of unbranched alkanes of at least 4 members (excludes halogenated alkanes) is 3. The summed E-state index contributed by atoms with van der Waals surface area (Å²) in [5, 5.41) is 0. The summed E-state index contributed by atoms with van der Waals surface area (Å²) < 4.78 is 0. The second-order valence-corrected chi connectivity index (χ2v) is 10.4. The van der Waals surface area contributed by atoms with Crippen LogP contribution in [0.15, 0.2) is 0 Å². The molecule has 102 valence electrons. The Labute approximate surface area is 115 Å². The minimum absolute atomic E-state index is 0. The van der Waals surface area contributed by atoms with E-state index in [1.165, 1.54) is 44.7 Å². The van der Waals surface area contributed by atoms with E-state index in [9.17, 15) is 0 Å². The van der Waals surface area contributed by atoms with Crippen LogP contribution in [-0.4, -0.2) is 24.6 Å². The van der Waals surface area contributed by atoms with Gasteiger partial charge in [0, 0.05) is 0 Å². The zero-order chi connectivity index (χ0) is 11.6. The van der Waals surface area contributed by atoms with Crippen LogP contribution in [-0.2, 0) is 0 Å². The molecule has 16 heavy (non-hydrogen) atoms. The molecule has 2 heteroatoms. The fourth-order valence-corrected chi connectivity index (χ4v) is 7.68. The third kappa shape index (κ3) is 8.07. The molecule has 0 N–H and O–H groups in total. The zero-order valence-electron chi connectivity index (χ0n) is 12.0. The quantitative estimate of drug-likeness (QED) is 0.451. The first kappa shape index (κ1) is 19.3. The Hall–Kier alpha value is 0.910. The summed E-state index contributed by atoms with van der Waals surface area (Å²) in [6.45, 7) is 9.49. The Kier molecular flexibility index (Phi) is 14.9. The molecule has 0 rings (SSSR count). The van der Waals surface area contributed by atoms with Crippen LogP contribution in [0.25, 0.3) is 0 Å². The standard InChI is InChI=1S/C14H33P.BrH/c1-5-9-12-15(8-4,13-10-6-2)14-11-7-3;/h15H,5-14H2,1-4H3;1H. The molecule has 0 unspecified atom stereocenters. The molecule has 0 fully saturated rings. The van der Waals surface area contributed by atoms with Gasteiger partial charge in [-0.25, -0.2) is 0 Å². The normalized spacial score (nSPS) is 12.2. The van der Waals surface area contributed by atoms with Crippen LogP contribution in [0.3, 0.4) is 0 Å². The molecule has 0 aromatic rings. The van der Waals surface area contributed by atoms with Crippen molar-refractivity contribution in [1.82, 2.24) is 0 Å². The van der Waals surface area contributed by atoms with Crippen LogP contribution < -0.4 is 0 Å². The van der Waals surface area contributed by atoms with Gasteiger partial charge in [0.25, 0.3) is 0 Å². The van der Waals surface area contributed by atoms with E-state index in [1.54, 1.807) is 18.5 Å². The summed E-state index contributed by atoms with van der Waals surface area (Å²) in [6, 6.07) is 0. The van der Waals surface area contributed by atoms with Gasteiger partial charge in [0.15, 0.2) is 0 Å². The molecular weight excluding hydrogens is 279 g/mol. The number of hydrogen-bond donors (Lipinski definition) is 0. The fraction of sp³-hybridized carbons (Fsp3) is 1.00. The second-order valence-electron chi connectivity index (χ2n) is 5.16. The monoisotopic (exact) mass is 312 g/mol. The SMILES string of the molecule is Br.CCCC[PH](CC)(CCCC)CCCC. The van der Waals surface area contributed by atoms with Gasteiger partial charge >= 0.3 is 98.1 Å². The van der Waals surface area contributed by atoms with Crippen molar-refractivity contribution in [2.45, 2.75) is 66.2 Å². The van der Waals surface area contributed by atoms with E-state index < -0.39 is 7.26 Å². The van der Waals surface area contributed by atoms with Gasteiger partial charge in [-0.15, -0.1) is 17.0 Å². The van der Waals surface area contributed by atoms with Gasteiger partial charge in [-0.05, 0) is 0 Å². The average Bonchev–Trinajstić information content (AvgIpc) is 2.29. The molecular formula is C14H34BrP. The Bertz CT molecular complexity index is 115. The van der Waals surface area contributed by atoms with Gasteiger partial charge in [-0.1, -0.05) is 0 Å². The Balaban J connectivity index is 0. The Morgan fingerprint density at radius 1 is 0.625 bits per heavy atom. The van der Waals surface area contributed by atoms with Crippen LogP contribution in [0.5, 0.6) is 0 Å². The summed E-state index contributed by atoms with van der Waals surface area (Å²) in [7, 11) is -0.832. The molecule has 0 aliphatic heterocycles. The van der Waals surface area contributed by atoms with Crippen LogP contribution in [0.2, 0.25) is 0 Å². The van der Waals surface area contributed by atoms with Crippen molar-refractivity contribution in [3.63, 3.8) is 0 Å². The molecule has 0 nitrogen and oxygen atoms in total. The van der Waals surface area contributed by atoms with Crippen LogP contribution in [0.1, 0.15) is 66.2 Å². The topological polar surface area (TPSA) is 0 Å². The third-order valence-electron chi connectivity index (χ3n) is 3.93. The first-order valence-corrected chi connectivity index (χ1v) is 10.1. The van der Waals surface area contributed by atoms with E-state index in [0.717, 1.165) is 0 Å². The first-order valence-electron chi connectivity index (χ1n) is 7.24. The van der Waals surface area contributed by atoms with Gasteiger partial charge in [-0.3, -0.25) is 0 Å². The molecule has 0 amide bonds. The number of halogens is 1. The molecule has 0 aliphatic rings. The van der Waals surface area contributed by atoms with Crippen molar-refractivity contribution >= 4 is 24.2 Å². The predicted molar refractivity (Wildman–Crippen MR) is 88.5 cm³/mol. The Morgan fingerprint density at radius 3 is 1.12 bits per heavy atom. The molecule has 0 saturated heterocycles. The second kappa shape index (κ2) is 12.4. The molecule has 0 radical (unpaired) electrons. The first-order chi connectivity index (χ1) is 7.24.